The normalized spacial score (nSPS) is 26.5. The minimum absolute atomic E-state index is 0.0313. The van der Waals surface area contributed by atoms with Gasteiger partial charge >= 0.3 is 0 Å². The molecule has 5 rings (SSSR count). The van der Waals surface area contributed by atoms with E-state index in [0.29, 0.717) is 19.6 Å². The van der Waals surface area contributed by atoms with Gasteiger partial charge in [-0.1, -0.05) is 19.1 Å². The minimum atomic E-state index is -0.428. The predicted molar refractivity (Wildman–Crippen MR) is 126 cm³/mol. The van der Waals surface area contributed by atoms with Gasteiger partial charge in [0.25, 0.3) is 5.56 Å². The van der Waals surface area contributed by atoms with Gasteiger partial charge in [-0.25, -0.2) is 0 Å². The lowest BCUT2D eigenvalue weighted by atomic mass is 9.88. The fourth-order valence-corrected chi connectivity index (χ4v) is 6.09. The smallest absolute Gasteiger partial charge is 0.258 e. The maximum absolute atomic E-state index is 13.4. The molecule has 0 bridgehead atoms. The SMILES string of the molecule is CCN1[C@H](C(=O)NCc2ccccn2)[C@@H](CO)[C@@H]2Cn3c(ccc(C4=CCCCC4)c3=O)[C@@H]21. The van der Waals surface area contributed by atoms with Crippen LogP contribution in [0.2, 0.25) is 0 Å². The van der Waals surface area contributed by atoms with Crippen LogP contribution < -0.4 is 10.9 Å². The lowest BCUT2D eigenvalue weighted by Crippen LogP contribution is -2.48. The molecule has 0 spiro atoms. The summed E-state index contributed by atoms with van der Waals surface area (Å²) in [4.78, 5) is 33.1. The van der Waals surface area contributed by atoms with Crippen LogP contribution >= 0.6 is 0 Å². The quantitative estimate of drug-likeness (QED) is 0.709. The largest absolute Gasteiger partial charge is 0.396 e. The summed E-state index contributed by atoms with van der Waals surface area (Å²) in [5.41, 5.74) is 3.81. The molecule has 3 aliphatic rings. The van der Waals surface area contributed by atoms with Gasteiger partial charge in [-0.3, -0.25) is 19.5 Å². The molecule has 1 amide bonds. The van der Waals surface area contributed by atoms with Crippen molar-refractivity contribution in [2.75, 3.05) is 13.2 Å². The van der Waals surface area contributed by atoms with Crippen molar-refractivity contribution in [1.29, 1.82) is 0 Å². The van der Waals surface area contributed by atoms with Crippen LogP contribution in [0.3, 0.4) is 0 Å². The molecular weight excluding hydrogens is 416 g/mol. The van der Waals surface area contributed by atoms with E-state index in [9.17, 15) is 14.7 Å². The molecule has 2 N–H and O–H groups in total. The molecule has 2 aliphatic heterocycles. The van der Waals surface area contributed by atoms with E-state index in [0.717, 1.165) is 41.8 Å². The third-order valence-corrected chi connectivity index (χ3v) is 7.63. The number of nitrogens with zero attached hydrogens (tertiary/aromatic N) is 3. The van der Waals surface area contributed by atoms with Crippen LogP contribution in [0.1, 0.15) is 55.6 Å². The fraction of sp³-hybridized carbons (Fsp3) is 0.500. The maximum Gasteiger partial charge on any atom is 0.258 e. The fourth-order valence-electron chi connectivity index (χ4n) is 6.09. The van der Waals surface area contributed by atoms with E-state index < -0.39 is 6.04 Å². The van der Waals surface area contributed by atoms with Gasteiger partial charge in [0.15, 0.2) is 0 Å². The van der Waals surface area contributed by atoms with Crippen LogP contribution in [0.25, 0.3) is 5.57 Å². The summed E-state index contributed by atoms with van der Waals surface area (Å²) < 4.78 is 1.90. The summed E-state index contributed by atoms with van der Waals surface area (Å²) in [6.07, 6.45) is 8.23. The first-order valence-corrected chi connectivity index (χ1v) is 12.1. The van der Waals surface area contributed by atoms with Gasteiger partial charge in [0.05, 0.1) is 24.3 Å². The number of fused-ring (bicyclic) bond motifs is 3. The van der Waals surface area contributed by atoms with E-state index >= 15 is 0 Å². The lowest BCUT2D eigenvalue weighted by molar-refractivity contribution is -0.127. The Bertz CT molecular complexity index is 1110. The van der Waals surface area contributed by atoms with Crippen molar-refractivity contribution in [2.24, 2.45) is 11.8 Å². The zero-order chi connectivity index (χ0) is 22.9. The van der Waals surface area contributed by atoms with Gasteiger partial charge in [0, 0.05) is 42.4 Å². The molecule has 0 radical (unpaired) electrons. The van der Waals surface area contributed by atoms with E-state index in [2.05, 4.69) is 27.3 Å². The molecule has 1 fully saturated rings. The Morgan fingerprint density at radius 1 is 1.24 bits per heavy atom. The number of aliphatic hydroxyl groups excluding tert-OH is 1. The number of pyridine rings is 2. The molecule has 2 aromatic heterocycles. The number of nitrogens with one attached hydrogen (secondary N) is 1. The van der Waals surface area contributed by atoms with E-state index in [1.54, 1.807) is 6.20 Å². The van der Waals surface area contributed by atoms with Crippen molar-refractivity contribution in [2.45, 2.75) is 57.8 Å². The summed E-state index contributed by atoms with van der Waals surface area (Å²) in [5.74, 6) is -0.284. The number of carbonyl (C=O) groups is 1. The number of carbonyl (C=O) groups excluding carboxylic acids is 1. The van der Waals surface area contributed by atoms with E-state index in [1.807, 2.05) is 35.8 Å². The van der Waals surface area contributed by atoms with Gasteiger partial charge < -0.3 is 15.0 Å². The highest BCUT2D eigenvalue weighted by Crippen LogP contribution is 2.49. The first-order valence-electron chi connectivity index (χ1n) is 12.1. The second-order valence-electron chi connectivity index (χ2n) is 9.33. The molecule has 0 aromatic carbocycles. The first kappa shape index (κ1) is 22.0. The number of likely N-dealkylation sites (N-methyl/N-ethyl adjacent to an activating group) is 1. The topological polar surface area (TPSA) is 87.5 Å². The molecule has 1 saturated heterocycles. The summed E-state index contributed by atoms with van der Waals surface area (Å²) in [6, 6.07) is 9.21. The Labute approximate surface area is 194 Å². The summed E-state index contributed by atoms with van der Waals surface area (Å²) in [7, 11) is 0. The first-order chi connectivity index (χ1) is 16.1. The van der Waals surface area contributed by atoms with Crippen LogP contribution in [0.5, 0.6) is 0 Å². The third kappa shape index (κ3) is 3.83. The molecule has 1 aliphatic carbocycles. The average Bonchev–Trinajstić information content (AvgIpc) is 3.38. The predicted octanol–water partition coefficient (Wildman–Crippen LogP) is 2.50. The maximum atomic E-state index is 13.4. The Morgan fingerprint density at radius 3 is 2.82 bits per heavy atom. The number of hydrogen-bond donors (Lipinski definition) is 2. The van der Waals surface area contributed by atoms with E-state index in [4.69, 9.17) is 0 Å². The van der Waals surface area contributed by atoms with Crippen molar-refractivity contribution in [3.8, 4) is 0 Å². The molecule has 0 unspecified atom stereocenters. The van der Waals surface area contributed by atoms with Crippen molar-refractivity contribution in [3.05, 3.63) is 69.9 Å². The Hall–Kier alpha value is -2.77. The standard InChI is InChI=1S/C26H32N4O3/c1-2-29-23-20(21(16-31)24(29)25(32)28-14-18-10-6-7-13-27-18)15-30-22(23)12-11-19(26(30)33)17-8-4-3-5-9-17/h6-8,10-13,20-21,23-24,31H,2-5,9,14-16H2,1H3,(H,28,32)/t20-,21-,23+,24-/m0/s1. The van der Waals surface area contributed by atoms with Gasteiger partial charge in [-0.2, -0.15) is 0 Å². The molecule has 4 heterocycles. The van der Waals surface area contributed by atoms with Gasteiger partial charge in [-0.05, 0) is 62.1 Å². The van der Waals surface area contributed by atoms with Crippen LogP contribution in [0, 0.1) is 11.8 Å². The zero-order valence-electron chi connectivity index (χ0n) is 19.1. The molecule has 7 heteroatoms. The van der Waals surface area contributed by atoms with Crippen LogP contribution in [0.4, 0.5) is 0 Å². The van der Waals surface area contributed by atoms with Crippen LogP contribution in [-0.2, 0) is 17.9 Å². The lowest BCUT2D eigenvalue weighted by Gasteiger charge is -2.29. The van der Waals surface area contributed by atoms with Gasteiger partial charge in [0.2, 0.25) is 5.91 Å². The van der Waals surface area contributed by atoms with Gasteiger partial charge in [0.1, 0.15) is 0 Å². The average molecular weight is 449 g/mol. The van der Waals surface area contributed by atoms with Crippen LogP contribution in [-0.4, -0.2) is 44.7 Å². The number of hydrogen-bond acceptors (Lipinski definition) is 5. The van der Waals surface area contributed by atoms with Crippen molar-refractivity contribution >= 4 is 11.5 Å². The molecule has 2 aromatic rings. The van der Waals surface area contributed by atoms with Crippen molar-refractivity contribution < 1.29 is 9.90 Å². The summed E-state index contributed by atoms with van der Waals surface area (Å²) in [6.45, 7) is 3.53. The summed E-state index contributed by atoms with van der Waals surface area (Å²) >= 11 is 0. The second kappa shape index (κ2) is 9.23. The monoisotopic (exact) mass is 448 g/mol. The number of aliphatic hydroxyl groups is 1. The van der Waals surface area contributed by atoms with Crippen molar-refractivity contribution in [3.63, 3.8) is 0 Å². The Morgan fingerprint density at radius 2 is 2.12 bits per heavy atom. The van der Waals surface area contributed by atoms with Crippen LogP contribution in [0.15, 0.2) is 47.4 Å². The van der Waals surface area contributed by atoms with Crippen molar-refractivity contribution in [1.82, 2.24) is 19.8 Å². The highest BCUT2D eigenvalue weighted by Gasteiger charge is 2.55. The third-order valence-electron chi connectivity index (χ3n) is 7.63. The zero-order valence-corrected chi connectivity index (χ0v) is 19.1. The number of likely N-dealkylation sites (tertiary alicyclic amines) is 1. The Balaban J connectivity index is 1.42. The molecule has 33 heavy (non-hydrogen) atoms. The molecule has 7 nitrogen and oxygen atoms in total. The minimum Gasteiger partial charge on any atom is -0.396 e. The number of amides is 1. The number of aromatic nitrogens is 2. The number of rotatable bonds is 6. The summed E-state index contributed by atoms with van der Waals surface area (Å²) in [5, 5.41) is 13.3. The molecule has 174 valence electrons. The highest BCUT2D eigenvalue weighted by atomic mass is 16.3. The Kier molecular flexibility index (Phi) is 6.17. The molecule has 4 atom stereocenters. The van der Waals surface area contributed by atoms with E-state index in [-0.39, 0.29) is 36.0 Å². The van der Waals surface area contributed by atoms with Gasteiger partial charge in [-0.15, -0.1) is 0 Å². The van der Waals surface area contributed by atoms with E-state index in [1.165, 1.54) is 6.42 Å². The molecular formula is C26H32N4O3. The second-order valence-corrected chi connectivity index (χ2v) is 9.33. The molecule has 0 saturated carbocycles. The highest BCUT2D eigenvalue weighted by molar-refractivity contribution is 5.82. The number of allylic oxidation sites excluding steroid dienone is 2.